The van der Waals surface area contributed by atoms with Crippen LogP contribution in [0, 0.1) is 5.92 Å². The molecule has 0 aromatic heterocycles. The average molecular weight is 234 g/mol. The summed E-state index contributed by atoms with van der Waals surface area (Å²) in [4.78, 5) is 11.7. The van der Waals surface area contributed by atoms with E-state index in [4.69, 9.17) is 0 Å². The summed E-state index contributed by atoms with van der Waals surface area (Å²) in [6.07, 6.45) is 0.926. The molecule has 0 bridgehead atoms. The number of benzene rings is 1. The molecule has 3 nitrogen and oxygen atoms in total. The van der Waals surface area contributed by atoms with Crippen molar-refractivity contribution >= 4 is 11.6 Å². The summed E-state index contributed by atoms with van der Waals surface area (Å²) in [7, 11) is 0. The predicted molar refractivity (Wildman–Crippen MR) is 72.2 cm³/mol. The third-order valence-corrected chi connectivity index (χ3v) is 2.51. The zero-order chi connectivity index (χ0) is 12.7. The Kier molecular flexibility index (Phi) is 5.70. The van der Waals surface area contributed by atoms with E-state index in [-0.39, 0.29) is 5.91 Å². The Morgan fingerprint density at radius 3 is 2.65 bits per heavy atom. The minimum absolute atomic E-state index is 0.0200. The molecule has 1 amide bonds. The molecule has 94 valence electrons. The largest absolute Gasteiger partial charge is 0.325 e. The van der Waals surface area contributed by atoms with Gasteiger partial charge in [-0.2, -0.15) is 0 Å². The van der Waals surface area contributed by atoms with Gasteiger partial charge in [0, 0.05) is 5.69 Å². The zero-order valence-corrected chi connectivity index (χ0v) is 10.9. The number of amides is 1. The highest BCUT2D eigenvalue weighted by Gasteiger charge is 2.05. The van der Waals surface area contributed by atoms with E-state index in [0.717, 1.165) is 18.7 Å². The molecule has 17 heavy (non-hydrogen) atoms. The fraction of sp³-hybridized carbons (Fsp3) is 0.500. The van der Waals surface area contributed by atoms with Crippen molar-refractivity contribution in [2.75, 3.05) is 18.4 Å². The van der Waals surface area contributed by atoms with Crippen LogP contribution in [-0.2, 0) is 11.2 Å². The molecular weight excluding hydrogens is 212 g/mol. The maximum Gasteiger partial charge on any atom is 0.238 e. The van der Waals surface area contributed by atoms with Gasteiger partial charge in [0.25, 0.3) is 0 Å². The van der Waals surface area contributed by atoms with Crippen LogP contribution >= 0.6 is 0 Å². The molecule has 1 rings (SSSR count). The van der Waals surface area contributed by atoms with E-state index in [9.17, 15) is 4.79 Å². The second-order valence-electron chi connectivity index (χ2n) is 4.58. The molecule has 0 radical (unpaired) electrons. The highest BCUT2D eigenvalue weighted by Crippen LogP contribution is 2.14. The third-order valence-electron chi connectivity index (χ3n) is 2.51. The van der Waals surface area contributed by atoms with Gasteiger partial charge in [-0.1, -0.05) is 39.0 Å². The summed E-state index contributed by atoms with van der Waals surface area (Å²) in [6.45, 7) is 7.57. The van der Waals surface area contributed by atoms with Gasteiger partial charge in [-0.15, -0.1) is 0 Å². The third kappa shape index (κ3) is 5.00. The van der Waals surface area contributed by atoms with Gasteiger partial charge in [0.2, 0.25) is 5.91 Å². The van der Waals surface area contributed by atoms with Gasteiger partial charge < -0.3 is 10.6 Å². The van der Waals surface area contributed by atoms with Gasteiger partial charge in [-0.3, -0.25) is 4.79 Å². The van der Waals surface area contributed by atoms with Crippen LogP contribution in [0.1, 0.15) is 26.3 Å². The van der Waals surface area contributed by atoms with Crippen LogP contribution in [0.3, 0.4) is 0 Å². The summed E-state index contributed by atoms with van der Waals surface area (Å²) in [5.41, 5.74) is 2.09. The van der Waals surface area contributed by atoms with Crippen molar-refractivity contribution in [2.24, 2.45) is 5.92 Å². The average Bonchev–Trinajstić information content (AvgIpc) is 2.29. The number of anilines is 1. The van der Waals surface area contributed by atoms with E-state index in [1.807, 2.05) is 24.3 Å². The lowest BCUT2D eigenvalue weighted by atomic mass is 10.1. The van der Waals surface area contributed by atoms with Crippen LogP contribution in [-0.4, -0.2) is 19.0 Å². The molecule has 1 aromatic carbocycles. The molecule has 0 heterocycles. The second kappa shape index (κ2) is 7.07. The van der Waals surface area contributed by atoms with Gasteiger partial charge in [0.05, 0.1) is 6.54 Å². The standard InChI is InChI=1S/C14H22N2O/c1-4-12-7-5-6-8-13(12)16-14(17)10-15-9-11(2)3/h5-8,11,15H,4,9-10H2,1-3H3,(H,16,17). The Morgan fingerprint density at radius 1 is 1.29 bits per heavy atom. The van der Waals surface area contributed by atoms with Crippen molar-refractivity contribution in [1.82, 2.24) is 5.32 Å². The number of nitrogens with one attached hydrogen (secondary N) is 2. The molecular formula is C14H22N2O. The first-order chi connectivity index (χ1) is 8.13. The number of hydrogen-bond acceptors (Lipinski definition) is 2. The lowest BCUT2D eigenvalue weighted by molar-refractivity contribution is -0.115. The lowest BCUT2D eigenvalue weighted by Crippen LogP contribution is -2.30. The molecule has 0 saturated carbocycles. The molecule has 0 aliphatic carbocycles. The van der Waals surface area contributed by atoms with Gasteiger partial charge in [0.15, 0.2) is 0 Å². The fourth-order valence-corrected chi connectivity index (χ4v) is 1.62. The van der Waals surface area contributed by atoms with E-state index in [0.29, 0.717) is 12.5 Å². The molecule has 0 saturated heterocycles. The highest BCUT2D eigenvalue weighted by molar-refractivity contribution is 5.92. The monoisotopic (exact) mass is 234 g/mol. The van der Waals surface area contributed by atoms with E-state index in [1.54, 1.807) is 0 Å². The molecule has 3 heteroatoms. The fourth-order valence-electron chi connectivity index (χ4n) is 1.62. The van der Waals surface area contributed by atoms with Crippen molar-refractivity contribution in [3.8, 4) is 0 Å². The van der Waals surface area contributed by atoms with Gasteiger partial charge >= 0.3 is 0 Å². The van der Waals surface area contributed by atoms with Crippen LogP contribution in [0.15, 0.2) is 24.3 Å². The first kappa shape index (κ1) is 13.7. The number of carbonyl (C=O) groups is 1. The maximum absolute atomic E-state index is 11.7. The van der Waals surface area contributed by atoms with Crippen LogP contribution in [0.5, 0.6) is 0 Å². The zero-order valence-electron chi connectivity index (χ0n) is 10.9. The van der Waals surface area contributed by atoms with Gasteiger partial charge in [0.1, 0.15) is 0 Å². The number of hydrogen-bond donors (Lipinski definition) is 2. The first-order valence-corrected chi connectivity index (χ1v) is 6.22. The Bertz CT molecular complexity index is 361. The minimum atomic E-state index is 0.0200. The molecule has 0 fully saturated rings. The molecule has 0 spiro atoms. The van der Waals surface area contributed by atoms with Crippen LogP contribution < -0.4 is 10.6 Å². The highest BCUT2D eigenvalue weighted by atomic mass is 16.1. The normalized spacial score (nSPS) is 10.6. The summed E-state index contributed by atoms with van der Waals surface area (Å²) in [5, 5.41) is 6.06. The summed E-state index contributed by atoms with van der Waals surface area (Å²) in [6, 6.07) is 7.91. The van der Waals surface area contributed by atoms with Gasteiger partial charge in [-0.25, -0.2) is 0 Å². The second-order valence-corrected chi connectivity index (χ2v) is 4.58. The Labute approximate surface area is 104 Å². The van der Waals surface area contributed by atoms with Gasteiger partial charge in [-0.05, 0) is 30.5 Å². The quantitative estimate of drug-likeness (QED) is 0.793. The first-order valence-electron chi connectivity index (χ1n) is 6.22. The SMILES string of the molecule is CCc1ccccc1NC(=O)CNCC(C)C. The Balaban J connectivity index is 2.45. The maximum atomic E-state index is 11.7. The van der Waals surface area contributed by atoms with E-state index in [1.165, 1.54) is 5.56 Å². The summed E-state index contributed by atoms with van der Waals surface area (Å²) < 4.78 is 0. The van der Waals surface area contributed by atoms with E-state index >= 15 is 0 Å². The van der Waals surface area contributed by atoms with Crippen molar-refractivity contribution in [3.05, 3.63) is 29.8 Å². The topological polar surface area (TPSA) is 41.1 Å². The van der Waals surface area contributed by atoms with Crippen LogP contribution in [0.4, 0.5) is 5.69 Å². The molecule has 2 N–H and O–H groups in total. The van der Waals surface area contributed by atoms with Crippen molar-refractivity contribution in [3.63, 3.8) is 0 Å². The van der Waals surface area contributed by atoms with Crippen molar-refractivity contribution in [1.29, 1.82) is 0 Å². The summed E-state index contributed by atoms with van der Waals surface area (Å²) >= 11 is 0. The number of carbonyl (C=O) groups excluding carboxylic acids is 1. The van der Waals surface area contributed by atoms with Crippen molar-refractivity contribution in [2.45, 2.75) is 27.2 Å². The summed E-state index contributed by atoms with van der Waals surface area (Å²) in [5.74, 6) is 0.581. The smallest absolute Gasteiger partial charge is 0.238 e. The molecule has 0 unspecified atom stereocenters. The van der Waals surface area contributed by atoms with E-state index < -0.39 is 0 Å². The molecule has 0 aliphatic rings. The van der Waals surface area contributed by atoms with Crippen molar-refractivity contribution < 1.29 is 4.79 Å². The van der Waals surface area contributed by atoms with E-state index in [2.05, 4.69) is 31.4 Å². The van der Waals surface area contributed by atoms with Crippen LogP contribution in [0.2, 0.25) is 0 Å². The number of aryl methyl sites for hydroxylation is 1. The van der Waals surface area contributed by atoms with Crippen LogP contribution in [0.25, 0.3) is 0 Å². The lowest BCUT2D eigenvalue weighted by Gasteiger charge is -2.11. The minimum Gasteiger partial charge on any atom is -0.325 e. The number of para-hydroxylation sites is 1. The number of rotatable bonds is 6. The molecule has 0 atom stereocenters. The molecule has 0 aliphatic heterocycles. The molecule has 1 aromatic rings. The Morgan fingerprint density at radius 2 is 2.00 bits per heavy atom. The predicted octanol–water partition coefficient (Wildman–Crippen LogP) is 2.43. The Hall–Kier alpha value is -1.35.